The van der Waals surface area contributed by atoms with Gasteiger partial charge in [0.25, 0.3) is 0 Å². The average Bonchev–Trinajstić information content (AvgIpc) is 2.16. The lowest BCUT2D eigenvalue weighted by Gasteiger charge is -2.31. The average molecular weight is 198 g/mol. The van der Waals surface area contributed by atoms with Gasteiger partial charge in [-0.05, 0) is 18.8 Å². The molecule has 1 rings (SSSR count). The van der Waals surface area contributed by atoms with Gasteiger partial charge >= 0.3 is 5.97 Å². The van der Waals surface area contributed by atoms with Gasteiger partial charge in [0, 0.05) is 18.9 Å². The molecule has 0 spiro atoms. The zero-order valence-electron chi connectivity index (χ0n) is 8.61. The van der Waals surface area contributed by atoms with Crippen LogP contribution in [0.4, 0.5) is 0 Å². The van der Waals surface area contributed by atoms with Crippen LogP contribution in [0.1, 0.15) is 26.2 Å². The third kappa shape index (κ3) is 2.84. The Kier molecular flexibility index (Phi) is 4.14. The van der Waals surface area contributed by atoms with Crippen molar-refractivity contribution in [2.45, 2.75) is 32.3 Å². The van der Waals surface area contributed by atoms with Crippen LogP contribution in [0.15, 0.2) is 12.7 Å². The highest BCUT2D eigenvalue weighted by Gasteiger charge is 2.30. The summed E-state index contributed by atoms with van der Waals surface area (Å²) in [6, 6.07) is 0. The molecule has 1 aliphatic rings. The molecule has 3 nitrogen and oxygen atoms in total. The molecule has 0 aromatic heterocycles. The van der Waals surface area contributed by atoms with Crippen molar-refractivity contribution in [1.29, 1.82) is 0 Å². The first-order valence-corrected chi connectivity index (χ1v) is 5.08. The molecule has 1 saturated heterocycles. The maximum absolute atomic E-state index is 11.2. The molecular formula is C11H18O3. The fourth-order valence-corrected chi connectivity index (χ4v) is 1.79. The number of aliphatic hydroxyl groups excluding tert-OH is 1. The van der Waals surface area contributed by atoms with Crippen LogP contribution in [0, 0.1) is 11.8 Å². The summed E-state index contributed by atoms with van der Waals surface area (Å²) in [5.74, 6) is 0.229. The molecule has 0 aromatic rings. The summed E-state index contributed by atoms with van der Waals surface area (Å²) < 4.78 is 5.18. The molecule has 0 unspecified atom stereocenters. The molecule has 3 atom stereocenters. The molecule has 14 heavy (non-hydrogen) atoms. The van der Waals surface area contributed by atoms with E-state index in [0.29, 0.717) is 12.3 Å². The molecule has 0 aliphatic carbocycles. The molecule has 80 valence electrons. The second-order valence-electron chi connectivity index (χ2n) is 4.02. The number of ether oxygens (including phenoxy) is 1. The first-order valence-electron chi connectivity index (χ1n) is 5.08. The number of aliphatic hydroxyl groups is 1. The van der Waals surface area contributed by atoms with Crippen molar-refractivity contribution in [1.82, 2.24) is 0 Å². The smallest absolute Gasteiger partial charge is 0.306 e. The van der Waals surface area contributed by atoms with Crippen molar-refractivity contribution >= 4 is 5.97 Å². The van der Waals surface area contributed by atoms with Gasteiger partial charge in [-0.15, -0.1) is 6.58 Å². The topological polar surface area (TPSA) is 46.5 Å². The Morgan fingerprint density at radius 1 is 1.79 bits per heavy atom. The molecule has 3 heteroatoms. The van der Waals surface area contributed by atoms with Gasteiger partial charge in [-0.3, -0.25) is 4.79 Å². The Hall–Kier alpha value is -0.830. The van der Waals surface area contributed by atoms with Gasteiger partial charge in [-0.2, -0.15) is 0 Å². The lowest BCUT2D eigenvalue weighted by Crippen LogP contribution is -2.35. The SMILES string of the molecule is C=CC[C@@H]1CC(=O)O[C@@H]([C@H](C)CO)C1. The van der Waals surface area contributed by atoms with Gasteiger partial charge in [-0.25, -0.2) is 0 Å². The molecule has 1 fully saturated rings. The number of rotatable bonds is 4. The molecule has 1 aliphatic heterocycles. The number of carbonyl (C=O) groups is 1. The van der Waals surface area contributed by atoms with Gasteiger partial charge < -0.3 is 9.84 Å². The number of esters is 1. The molecule has 0 amide bonds. The van der Waals surface area contributed by atoms with Crippen LogP contribution in [-0.2, 0) is 9.53 Å². The predicted octanol–water partition coefficient (Wildman–Crippen LogP) is 1.51. The Morgan fingerprint density at radius 3 is 3.07 bits per heavy atom. The monoisotopic (exact) mass is 198 g/mol. The van der Waals surface area contributed by atoms with Crippen molar-refractivity contribution < 1.29 is 14.6 Å². The van der Waals surface area contributed by atoms with E-state index in [2.05, 4.69) is 6.58 Å². The Morgan fingerprint density at radius 2 is 2.50 bits per heavy atom. The highest BCUT2D eigenvalue weighted by atomic mass is 16.5. The van der Waals surface area contributed by atoms with Crippen LogP contribution in [0.25, 0.3) is 0 Å². The maximum Gasteiger partial charge on any atom is 0.306 e. The minimum absolute atomic E-state index is 0.0339. The summed E-state index contributed by atoms with van der Waals surface area (Å²) in [4.78, 5) is 11.2. The maximum atomic E-state index is 11.2. The normalized spacial score (nSPS) is 29.4. The van der Waals surface area contributed by atoms with E-state index in [9.17, 15) is 4.79 Å². The van der Waals surface area contributed by atoms with Crippen LogP contribution in [-0.4, -0.2) is 23.8 Å². The van der Waals surface area contributed by atoms with Crippen LogP contribution in [0.2, 0.25) is 0 Å². The minimum atomic E-state index is -0.145. The van der Waals surface area contributed by atoms with Crippen LogP contribution in [0.3, 0.4) is 0 Å². The molecule has 0 aromatic carbocycles. The summed E-state index contributed by atoms with van der Waals surface area (Å²) in [5, 5.41) is 8.98. The van der Waals surface area contributed by atoms with Crippen molar-refractivity contribution in [3.05, 3.63) is 12.7 Å². The molecule has 1 N–H and O–H groups in total. The fourth-order valence-electron chi connectivity index (χ4n) is 1.79. The summed E-state index contributed by atoms with van der Waals surface area (Å²) >= 11 is 0. The van der Waals surface area contributed by atoms with Crippen molar-refractivity contribution in [2.24, 2.45) is 11.8 Å². The number of carbonyl (C=O) groups excluding carboxylic acids is 1. The van der Waals surface area contributed by atoms with Gasteiger partial charge in [0.1, 0.15) is 6.10 Å². The Bertz CT molecular complexity index is 213. The van der Waals surface area contributed by atoms with E-state index in [1.807, 2.05) is 13.0 Å². The largest absolute Gasteiger partial charge is 0.462 e. The van der Waals surface area contributed by atoms with Crippen LogP contribution < -0.4 is 0 Å². The first kappa shape index (κ1) is 11.2. The number of hydrogen-bond donors (Lipinski definition) is 1. The Balaban J connectivity index is 2.53. The van der Waals surface area contributed by atoms with Crippen molar-refractivity contribution in [3.63, 3.8) is 0 Å². The third-order valence-electron chi connectivity index (χ3n) is 2.73. The highest BCUT2D eigenvalue weighted by Crippen LogP contribution is 2.28. The molecule has 1 heterocycles. The van der Waals surface area contributed by atoms with E-state index < -0.39 is 0 Å². The van der Waals surface area contributed by atoms with Gasteiger partial charge in [0.05, 0.1) is 0 Å². The summed E-state index contributed by atoms with van der Waals surface area (Å²) in [5.41, 5.74) is 0. The lowest BCUT2D eigenvalue weighted by atomic mass is 9.87. The van der Waals surface area contributed by atoms with E-state index in [1.165, 1.54) is 0 Å². The van der Waals surface area contributed by atoms with Gasteiger partial charge in [0.15, 0.2) is 0 Å². The van der Waals surface area contributed by atoms with Gasteiger partial charge in [0.2, 0.25) is 0 Å². The summed E-state index contributed by atoms with van der Waals surface area (Å²) in [6.07, 6.45) is 3.90. The molecule has 0 bridgehead atoms. The zero-order valence-corrected chi connectivity index (χ0v) is 8.61. The van der Waals surface area contributed by atoms with E-state index in [-0.39, 0.29) is 24.6 Å². The van der Waals surface area contributed by atoms with E-state index in [4.69, 9.17) is 9.84 Å². The first-order chi connectivity index (χ1) is 6.67. The third-order valence-corrected chi connectivity index (χ3v) is 2.73. The van der Waals surface area contributed by atoms with Crippen LogP contribution in [0.5, 0.6) is 0 Å². The van der Waals surface area contributed by atoms with Crippen molar-refractivity contribution in [3.8, 4) is 0 Å². The second kappa shape index (κ2) is 5.15. The van der Waals surface area contributed by atoms with E-state index in [1.54, 1.807) is 0 Å². The molecule has 0 radical (unpaired) electrons. The lowest BCUT2D eigenvalue weighted by molar-refractivity contribution is -0.161. The fraction of sp³-hybridized carbons (Fsp3) is 0.727. The second-order valence-corrected chi connectivity index (χ2v) is 4.02. The number of hydrogen-bond acceptors (Lipinski definition) is 3. The predicted molar refractivity (Wildman–Crippen MR) is 53.7 cm³/mol. The zero-order chi connectivity index (χ0) is 10.6. The number of allylic oxidation sites excluding steroid dienone is 1. The minimum Gasteiger partial charge on any atom is -0.462 e. The molecular weight excluding hydrogens is 180 g/mol. The quantitative estimate of drug-likeness (QED) is 0.550. The van der Waals surface area contributed by atoms with E-state index >= 15 is 0 Å². The summed E-state index contributed by atoms with van der Waals surface area (Å²) in [7, 11) is 0. The van der Waals surface area contributed by atoms with E-state index in [0.717, 1.165) is 12.8 Å². The summed E-state index contributed by atoms with van der Waals surface area (Å²) in [6.45, 7) is 5.63. The molecule has 0 saturated carbocycles. The Labute approximate surface area is 84.8 Å². The van der Waals surface area contributed by atoms with Crippen molar-refractivity contribution in [2.75, 3.05) is 6.61 Å². The van der Waals surface area contributed by atoms with Gasteiger partial charge in [-0.1, -0.05) is 13.0 Å². The number of cyclic esters (lactones) is 1. The standard InChI is InChI=1S/C11H18O3/c1-3-4-9-5-10(8(2)7-12)14-11(13)6-9/h3,8-10,12H,1,4-7H2,2H3/t8-,9+,10-/m1/s1. The van der Waals surface area contributed by atoms with Crippen LogP contribution >= 0.6 is 0 Å². The highest BCUT2D eigenvalue weighted by molar-refractivity contribution is 5.70.